The van der Waals surface area contributed by atoms with Gasteiger partial charge in [0.05, 0.1) is 15.6 Å². The second kappa shape index (κ2) is 4.91. The van der Waals surface area contributed by atoms with Gasteiger partial charge in [0, 0.05) is 37.6 Å². The number of benzene rings is 1. The highest BCUT2D eigenvalue weighted by molar-refractivity contribution is 6.34. The quantitative estimate of drug-likeness (QED) is 0.668. The average molecular weight is 271 g/mol. The molecule has 0 spiro atoms. The number of halogens is 1. The molecule has 1 fully saturated rings. The van der Waals surface area contributed by atoms with Gasteiger partial charge in [-0.05, 0) is 6.07 Å². The van der Waals surface area contributed by atoms with Crippen molar-refractivity contribution >= 4 is 28.9 Å². The van der Waals surface area contributed by atoms with Gasteiger partial charge in [-0.3, -0.25) is 14.9 Å². The summed E-state index contributed by atoms with van der Waals surface area (Å²) in [6, 6.07) is 3.98. The van der Waals surface area contributed by atoms with Crippen LogP contribution < -0.4 is 4.90 Å². The van der Waals surface area contributed by atoms with Crippen LogP contribution in [0.25, 0.3) is 0 Å². The first-order valence-electron chi connectivity index (χ1n) is 5.38. The van der Waals surface area contributed by atoms with E-state index >= 15 is 0 Å². The van der Waals surface area contributed by atoms with Crippen molar-refractivity contribution in [2.45, 2.75) is 6.42 Å². The number of amides is 1. The van der Waals surface area contributed by atoms with Gasteiger partial charge in [-0.15, -0.1) is 0 Å². The molecule has 1 aromatic carbocycles. The maximum atomic E-state index is 11.7. The van der Waals surface area contributed by atoms with E-state index in [0.717, 1.165) is 0 Å². The summed E-state index contributed by atoms with van der Waals surface area (Å²) in [4.78, 5) is 23.2. The van der Waals surface area contributed by atoms with E-state index in [9.17, 15) is 14.9 Å². The molecule has 0 aliphatic carbocycles. The van der Waals surface area contributed by atoms with Crippen LogP contribution in [0.15, 0.2) is 18.2 Å². The highest BCUT2D eigenvalue weighted by Crippen LogP contribution is 2.33. The topological polar surface area (TPSA) is 83.7 Å². The number of rotatable bonds is 3. The van der Waals surface area contributed by atoms with Crippen LogP contribution in [0, 0.1) is 16.0 Å². The number of nitro benzene ring substituents is 1. The zero-order valence-corrected chi connectivity index (χ0v) is 10.1. The summed E-state index contributed by atoms with van der Waals surface area (Å²) in [7, 11) is 0. The molecule has 1 aliphatic rings. The Kier molecular flexibility index (Phi) is 3.49. The third-order valence-corrected chi connectivity index (χ3v) is 3.20. The second-order valence-electron chi connectivity index (χ2n) is 4.15. The summed E-state index contributed by atoms with van der Waals surface area (Å²) >= 11 is 5.95. The molecule has 1 heterocycles. The number of carbonyl (C=O) groups is 1. The van der Waals surface area contributed by atoms with Gasteiger partial charge in [0.1, 0.15) is 0 Å². The Morgan fingerprint density at radius 3 is 2.78 bits per heavy atom. The van der Waals surface area contributed by atoms with E-state index in [0.29, 0.717) is 12.2 Å². The number of non-ortho nitro benzene ring substituents is 1. The van der Waals surface area contributed by atoms with Gasteiger partial charge in [-0.1, -0.05) is 11.6 Å². The van der Waals surface area contributed by atoms with Crippen molar-refractivity contribution in [2.24, 2.45) is 5.92 Å². The molecular weight excluding hydrogens is 260 g/mol. The molecule has 1 amide bonds. The van der Waals surface area contributed by atoms with Crippen molar-refractivity contribution in [1.29, 1.82) is 0 Å². The number of aliphatic hydroxyl groups excluding tert-OH is 1. The van der Waals surface area contributed by atoms with Crippen LogP contribution in [0.2, 0.25) is 5.02 Å². The van der Waals surface area contributed by atoms with Crippen LogP contribution in [0.3, 0.4) is 0 Å². The van der Waals surface area contributed by atoms with E-state index in [4.69, 9.17) is 16.7 Å². The van der Waals surface area contributed by atoms with Crippen molar-refractivity contribution in [3.8, 4) is 0 Å². The SMILES string of the molecule is O=C1CC(CO)CN1c1ccc([N+](=O)[O-])cc1Cl. The Balaban J connectivity index is 2.29. The standard InChI is InChI=1S/C11H11ClN2O4/c12-9-4-8(14(17)18)1-2-10(9)13-5-7(6-15)3-11(13)16/h1-2,4,7,15H,3,5-6H2. The Morgan fingerprint density at radius 2 is 2.28 bits per heavy atom. The Hall–Kier alpha value is -1.66. The van der Waals surface area contributed by atoms with Crippen LogP contribution >= 0.6 is 11.6 Å². The summed E-state index contributed by atoms with van der Waals surface area (Å²) < 4.78 is 0. The third-order valence-electron chi connectivity index (χ3n) is 2.90. The molecule has 0 radical (unpaired) electrons. The predicted octanol–water partition coefficient (Wildman–Crippen LogP) is 1.59. The monoisotopic (exact) mass is 270 g/mol. The maximum absolute atomic E-state index is 11.7. The minimum atomic E-state index is -0.544. The van der Waals surface area contributed by atoms with E-state index in [2.05, 4.69) is 0 Å². The molecule has 6 nitrogen and oxygen atoms in total. The van der Waals surface area contributed by atoms with E-state index in [-0.39, 0.29) is 35.6 Å². The van der Waals surface area contributed by atoms with E-state index < -0.39 is 4.92 Å². The fourth-order valence-corrected chi connectivity index (χ4v) is 2.24. The molecular formula is C11H11ClN2O4. The molecule has 7 heteroatoms. The summed E-state index contributed by atoms with van der Waals surface area (Å²) in [5.74, 6) is -0.242. The molecule has 1 aliphatic heterocycles. The molecule has 0 aromatic heterocycles. The molecule has 1 N–H and O–H groups in total. The largest absolute Gasteiger partial charge is 0.396 e. The molecule has 0 saturated carbocycles. The molecule has 1 atom stereocenters. The molecule has 96 valence electrons. The zero-order chi connectivity index (χ0) is 13.3. The first kappa shape index (κ1) is 12.8. The summed E-state index contributed by atoms with van der Waals surface area (Å²) in [6.45, 7) is 0.319. The van der Waals surface area contributed by atoms with Gasteiger partial charge in [-0.2, -0.15) is 0 Å². The molecule has 2 rings (SSSR count). The first-order valence-corrected chi connectivity index (χ1v) is 5.76. The zero-order valence-electron chi connectivity index (χ0n) is 9.38. The number of nitrogens with zero attached hydrogens (tertiary/aromatic N) is 2. The minimum Gasteiger partial charge on any atom is -0.396 e. The lowest BCUT2D eigenvalue weighted by Gasteiger charge is -2.17. The van der Waals surface area contributed by atoms with E-state index in [1.165, 1.54) is 23.1 Å². The third kappa shape index (κ3) is 2.30. The minimum absolute atomic E-state index is 0.0627. The van der Waals surface area contributed by atoms with E-state index in [1.807, 2.05) is 0 Å². The Morgan fingerprint density at radius 1 is 1.56 bits per heavy atom. The molecule has 18 heavy (non-hydrogen) atoms. The van der Waals surface area contributed by atoms with Crippen LogP contribution in [0.5, 0.6) is 0 Å². The maximum Gasteiger partial charge on any atom is 0.271 e. The predicted molar refractivity (Wildman–Crippen MR) is 65.7 cm³/mol. The lowest BCUT2D eigenvalue weighted by molar-refractivity contribution is -0.384. The Labute approximate surface area is 108 Å². The second-order valence-corrected chi connectivity index (χ2v) is 4.56. The lowest BCUT2D eigenvalue weighted by atomic mass is 10.1. The van der Waals surface area contributed by atoms with Gasteiger partial charge in [0.2, 0.25) is 5.91 Å². The van der Waals surface area contributed by atoms with Crippen molar-refractivity contribution in [1.82, 2.24) is 0 Å². The fourth-order valence-electron chi connectivity index (χ4n) is 1.96. The molecule has 0 bridgehead atoms. The smallest absolute Gasteiger partial charge is 0.271 e. The van der Waals surface area contributed by atoms with Gasteiger partial charge < -0.3 is 10.0 Å². The van der Waals surface area contributed by atoms with Crippen molar-refractivity contribution in [2.75, 3.05) is 18.1 Å². The number of anilines is 1. The molecule has 1 aromatic rings. The van der Waals surface area contributed by atoms with Crippen molar-refractivity contribution in [3.05, 3.63) is 33.3 Å². The number of aliphatic hydroxyl groups is 1. The Bertz CT molecular complexity index is 506. The van der Waals surface area contributed by atoms with Crippen LogP contribution in [0.4, 0.5) is 11.4 Å². The molecule has 1 saturated heterocycles. The van der Waals surface area contributed by atoms with Gasteiger partial charge in [-0.25, -0.2) is 0 Å². The number of hydrogen-bond donors (Lipinski definition) is 1. The van der Waals surface area contributed by atoms with Crippen LogP contribution in [0.1, 0.15) is 6.42 Å². The van der Waals surface area contributed by atoms with Crippen molar-refractivity contribution < 1.29 is 14.8 Å². The van der Waals surface area contributed by atoms with Crippen molar-refractivity contribution in [3.63, 3.8) is 0 Å². The highest BCUT2D eigenvalue weighted by atomic mass is 35.5. The first-order chi connectivity index (χ1) is 8.52. The van der Waals surface area contributed by atoms with Gasteiger partial charge in [0.15, 0.2) is 0 Å². The van der Waals surface area contributed by atoms with Gasteiger partial charge in [0.25, 0.3) is 5.69 Å². The average Bonchev–Trinajstić information content (AvgIpc) is 2.70. The summed E-state index contributed by atoms with van der Waals surface area (Å²) in [5, 5.41) is 19.8. The number of hydrogen-bond acceptors (Lipinski definition) is 4. The number of carbonyl (C=O) groups excluding carboxylic acids is 1. The summed E-state index contributed by atoms with van der Waals surface area (Å²) in [5.41, 5.74) is 0.331. The van der Waals surface area contributed by atoms with Crippen LogP contribution in [-0.4, -0.2) is 29.1 Å². The van der Waals surface area contributed by atoms with Crippen LogP contribution in [-0.2, 0) is 4.79 Å². The normalized spacial score (nSPS) is 19.3. The summed E-state index contributed by atoms with van der Waals surface area (Å²) in [6.07, 6.45) is 0.268. The highest BCUT2D eigenvalue weighted by Gasteiger charge is 2.31. The van der Waals surface area contributed by atoms with E-state index in [1.54, 1.807) is 0 Å². The van der Waals surface area contributed by atoms with Gasteiger partial charge >= 0.3 is 0 Å². The lowest BCUT2D eigenvalue weighted by Crippen LogP contribution is -2.25. The number of nitro groups is 1. The fraction of sp³-hybridized carbons (Fsp3) is 0.364. The molecule has 1 unspecified atom stereocenters.